The second kappa shape index (κ2) is 66.6. The second-order valence-corrected chi connectivity index (χ2v) is 22.0. The summed E-state index contributed by atoms with van der Waals surface area (Å²) >= 11 is 0. The molecule has 0 radical (unpaired) electrons. The normalized spacial score (nSPS) is 12.8. The smallest absolute Gasteiger partial charge is 0.306 e. The molecule has 6 nitrogen and oxygen atoms in total. The zero-order valence-electron chi connectivity index (χ0n) is 51.9. The lowest BCUT2D eigenvalue weighted by Gasteiger charge is -2.18. The highest BCUT2D eigenvalue weighted by molar-refractivity contribution is 5.71. The molecule has 1 atom stereocenters. The molecule has 0 saturated heterocycles. The van der Waals surface area contributed by atoms with Crippen molar-refractivity contribution in [3.05, 3.63) is 109 Å². The van der Waals surface area contributed by atoms with E-state index in [4.69, 9.17) is 14.2 Å². The molecule has 0 fully saturated rings. The van der Waals surface area contributed by atoms with E-state index in [0.717, 1.165) is 122 Å². The van der Waals surface area contributed by atoms with E-state index in [-0.39, 0.29) is 31.1 Å². The molecule has 452 valence electrons. The van der Waals surface area contributed by atoms with Gasteiger partial charge in [-0.2, -0.15) is 0 Å². The van der Waals surface area contributed by atoms with Crippen LogP contribution in [0, 0.1) is 0 Å². The zero-order valence-corrected chi connectivity index (χ0v) is 51.9. The first-order valence-corrected chi connectivity index (χ1v) is 33.4. The Labute approximate surface area is 489 Å². The van der Waals surface area contributed by atoms with Crippen LogP contribution in [0.15, 0.2) is 109 Å². The third-order valence-corrected chi connectivity index (χ3v) is 14.3. The number of unbranched alkanes of at least 4 members (excludes halogenated alkanes) is 31. The second-order valence-electron chi connectivity index (χ2n) is 22.0. The molecule has 0 saturated carbocycles. The first-order valence-electron chi connectivity index (χ1n) is 33.4. The fourth-order valence-electron chi connectivity index (χ4n) is 9.32. The van der Waals surface area contributed by atoms with E-state index >= 15 is 0 Å². The molecular weight excluding hydrogens is 973 g/mol. The first-order chi connectivity index (χ1) is 39.0. The topological polar surface area (TPSA) is 78.9 Å². The van der Waals surface area contributed by atoms with Crippen LogP contribution in [0.3, 0.4) is 0 Å². The van der Waals surface area contributed by atoms with Crippen molar-refractivity contribution in [3.63, 3.8) is 0 Å². The number of esters is 3. The third-order valence-electron chi connectivity index (χ3n) is 14.3. The van der Waals surface area contributed by atoms with Crippen LogP contribution in [0.2, 0.25) is 0 Å². The zero-order chi connectivity index (χ0) is 57.1. The minimum absolute atomic E-state index is 0.0766. The molecule has 1 unspecified atom stereocenters. The number of hydrogen-bond acceptors (Lipinski definition) is 6. The number of rotatable bonds is 60. The minimum Gasteiger partial charge on any atom is -0.462 e. The minimum atomic E-state index is -0.779. The van der Waals surface area contributed by atoms with Crippen molar-refractivity contribution in [2.24, 2.45) is 0 Å². The lowest BCUT2D eigenvalue weighted by molar-refractivity contribution is -0.167. The lowest BCUT2D eigenvalue weighted by Crippen LogP contribution is -2.30. The molecule has 0 aliphatic rings. The molecule has 0 heterocycles. The maximum absolute atomic E-state index is 12.9. The van der Waals surface area contributed by atoms with E-state index in [2.05, 4.69) is 130 Å². The summed E-state index contributed by atoms with van der Waals surface area (Å²) in [5.74, 6) is -0.877. The van der Waals surface area contributed by atoms with Gasteiger partial charge < -0.3 is 14.2 Å². The summed E-state index contributed by atoms with van der Waals surface area (Å²) in [5, 5.41) is 0. The molecule has 0 amide bonds. The van der Waals surface area contributed by atoms with Crippen LogP contribution >= 0.6 is 0 Å². The molecule has 0 aromatic carbocycles. The molecule has 0 rings (SSSR count). The van der Waals surface area contributed by atoms with E-state index < -0.39 is 6.10 Å². The van der Waals surface area contributed by atoms with Gasteiger partial charge in [0.05, 0.1) is 0 Å². The maximum Gasteiger partial charge on any atom is 0.306 e. The fraction of sp³-hybridized carbons (Fsp3) is 0.712. The van der Waals surface area contributed by atoms with Gasteiger partial charge in [-0.05, 0) is 89.9 Å². The molecule has 79 heavy (non-hydrogen) atoms. The van der Waals surface area contributed by atoms with Crippen molar-refractivity contribution in [1.82, 2.24) is 0 Å². The van der Waals surface area contributed by atoms with E-state index in [9.17, 15) is 14.4 Å². The number of carbonyl (C=O) groups is 3. The Hall–Kier alpha value is -3.93. The monoisotopic (exact) mass is 1100 g/mol. The van der Waals surface area contributed by atoms with Crippen molar-refractivity contribution < 1.29 is 28.6 Å². The van der Waals surface area contributed by atoms with Gasteiger partial charge in [0.1, 0.15) is 13.2 Å². The number of hydrogen-bond donors (Lipinski definition) is 0. The predicted molar refractivity (Wildman–Crippen MR) is 343 cm³/mol. The summed E-state index contributed by atoms with van der Waals surface area (Å²) in [6, 6.07) is 0. The Morgan fingerprint density at radius 1 is 0.266 bits per heavy atom. The molecular formula is C73H124O6. The van der Waals surface area contributed by atoms with Gasteiger partial charge in [0.2, 0.25) is 0 Å². The van der Waals surface area contributed by atoms with Crippen LogP contribution in [0.5, 0.6) is 0 Å². The third kappa shape index (κ3) is 64.8. The molecule has 0 N–H and O–H groups in total. The van der Waals surface area contributed by atoms with E-state index in [1.54, 1.807) is 0 Å². The first kappa shape index (κ1) is 75.1. The average Bonchev–Trinajstić information content (AvgIpc) is 3.45. The van der Waals surface area contributed by atoms with Gasteiger partial charge in [-0.15, -0.1) is 0 Å². The summed E-state index contributed by atoms with van der Waals surface area (Å²) in [6.07, 6.45) is 91.0. The Kier molecular flexibility index (Phi) is 63.3. The number of allylic oxidation sites excluding steroid dienone is 18. The predicted octanol–water partition coefficient (Wildman–Crippen LogP) is 23.0. The molecule has 0 aromatic heterocycles. The Balaban J connectivity index is 4.22. The lowest BCUT2D eigenvalue weighted by atomic mass is 10.0. The van der Waals surface area contributed by atoms with E-state index in [1.165, 1.54) is 154 Å². The molecule has 6 heteroatoms. The number of ether oxygens (including phenoxy) is 3. The van der Waals surface area contributed by atoms with Gasteiger partial charge in [-0.25, -0.2) is 0 Å². The van der Waals surface area contributed by atoms with Crippen LogP contribution in [0.25, 0.3) is 0 Å². The van der Waals surface area contributed by atoms with E-state index in [1.807, 2.05) is 0 Å². The van der Waals surface area contributed by atoms with Crippen LogP contribution in [-0.2, 0) is 28.6 Å². The van der Waals surface area contributed by atoms with Gasteiger partial charge in [0, 0.05) is 19.3 Å². The van der Waals surface area contributed by atoms with Crippen molar-refractivity contribution in [3.8, 4) is 0 Å². The Morgan fingerprint density at radius 2 is 0.494 bits per heavy atom. The van der Waals surface area contributed by atoms with Gasteiger partial charge in [-0.3, -0.25) is 14.4 Å². The molecule has 0 aliphatic heterocycles. The van der Waals surface area contributed by atoms with Crippen LogP contribution in [0.1, 0.15) is 316 Å². The SMILES string of the molecule is CC/C=C\C/C=C\C/C=C\C/C=C\C/C=C\C/C=C\C/C=C\C/C=C\C/C=C\CCCCCCCCCC(=O)OCC(COC(=O)CCCCCCCCCCCCCC)OC(=O)CCCCCCCCCCCCCCCC. The molecule has 0 aromatic rings. The highest BCUT2D eigenvalue weighted by atomic mass is 16.6. The van der Waals surface area contributed by atoms with Crippen molar-refractivity contribution in [1.29, 1.82) is 0 Å². The Bertz CT molecular complexity index is 1590. The van der Waals surface area contributed by atoms with Crippen molar-refractivity contribution >= 4 is 17.9 Å². The van der Waals surface area contributed by atoms with Gasteiger partial charge in [0.25, 0.3) is 0 Å². The van der Waals surface area contributed by atoms with Gasteiger partial charge in [0.15, 0.2) is 6.10 Å². The highest BCUT2D eigenvalue weighted by Crippen LogP contribution is 2.17. The molecule has 0 spiro atoms. The summed E-state index contributed by atoms with van der Waals surface area (Å²) in [5.41, 5.74) is 0. The number of carbonyl (C=O) groups excluding carboxylic acids is 3. The van der Waals surface area contributed by atoms with Crippen LogP contribution < -0.4 is 0 Å². The molecule has 0 aliphatic carbocycles. The summed E-state index contributed by atoms with van der Waals surface area (Å²) in [4.78, 5) is 38.2. The van der Waals surface area contributed by atoms with Gasteiger partial charge >= 0.3 is 17.9 Å². The summed E-state index contributed by atoms with van der Waals surface area (Å²) in [6.45, 7) is 6.54. The maximum atomic E-state index is 12.9. The summed E-state index contributed by atoms with van der Waals surface area (Å²) < 4.78 is 16.9. The van der Waals surface area contributed by atoms with E-state index in [0.29, 0.717) is 19.3 Å². The molecule has 0 bridgehead atoms. The van der Waals surface area contributed by atoms with Crippen molar-refractivity contribution in [2.75, 3.05) is 13.2 Å². The standard InChI is InChI=1S/C73H124O6/c1-4-7-10-13-16-19-22-25-27-28-29-30-31-32-33-34-35-36-37-38-39-40-41-42-43-44-45-46-47-49-51-54-57-60-63-66-72(75)78-69-70(68-77-71(74)65-62-59-56-53-50-24-21-18-15-12-9-6-3)79-73(76)67-64-61-58-55-52-48-26-23-20-17-14-11-8-5-2/h7,10,16,19,25,27,29-30,32-33,35-36,38-39,41-42,44-45,70H,4-6,8-9,11-15,17-18,20-24,26,28,31,34,37,40,43,46-69H2,1-3H3/b10-7-,19-16-,27-25-,30-29-,33-32-,36-35-,39-38-,42-41-,45-44-. The largest absolute Gasteiger partial charge is 0.462 e. The fourth-order valence-corrected chi connectivity index (χ4v) is 9.32. The summed E-state index contributed by atoms with van der Waals surface area (Å²) in [7, 11) is 0. The van der Waals surface area contributed by atoms with Gasteiger partial charge in [-0.1, -0.05) is 316 Å². The van der Waals surface area contributed by atoms with Crippen LogP contribution in [0.4, 0.5) is 0 Å². The quantitative estimate of drug-likeness (QED) is 0.0261. The van der Waals surface area contributed by atoms with Crippen molar-refractivity contribution in [2.45, 2.75) is 322 Å². The Morgan fingerprint density at radius 3 is 0.772 bits per heavy atom. The highest BCUT2D eigenvalue weighted by Gasteiger charge is 2.19. The average molecular weight is 1100 g/mol. The van der Waals surface area contributed by atoms with Crippen LogP contribution in [-0.4, -0.2) is 37.2 Å².